The van der Waals surface area contributed by atoms with Gasteiger partial charge < -0.3 is 9.52 Å². The molecule has 20 heavy (non-hydrogen) atoms. The maximum absolute atomic E-state index is 10.4. The Hall–Kier alpha value is -0.750. The van der Waals surface area contributed by atoms with E-state index >= 15 is 0 Å². The number of hydrogen-bond acceptors (Lipinski definition) is 2. The third-order valence-electron chi connectivity index (χ3n) is 3.03. The molecule has 0 saturated heterocycles. The van der Waals surface area contributed by atoms with Gasteiger partial charge in [0.25, 0.3) is 0 Å². The molecule has 2 nitrogen and oxygen atoms in total. The Balaban J connectivity index is 2.02. The highest BCUT2D eigenvalue weighted by atomic mass is 127. The summed E-state index contributed by atoms with van der Waals surface area (Å²) in [6, 6.07) is 12.6. The molecule has 5 heteroatoms. The molecule has 0 fully saturated rings. The van der Waals surface area contributed by atoms with Gasteiger partial charge in [0.2, 0.25) is 0 Å². The Morgan fingerprint density at radius 2 is 1.85 bits per heavy atom. The normalized spacial score (nSPS) is 12.8. The molecular formula is C15H9Cl2IO2. The van der Waals surface area contributed by atoms with Crippen LogP contribution in [0.25, 0.3) is 11.0 Å². The number of rotatable bonds is 2. The molecule has 0 radical (unpaired) electrons. The van der Waals surface area contributed by atoms with Crippen LogP contribution in [0.3, 0.4) is 0 Å². The monoisotopic (exact) mass is 418 g/mol. The van der Waals surface area contributed by atoms with Gasteiger partial charge in [-0.15, -0.1) is 0 Å². The van der Waals surface area contributed by atoms with Gasteiger partial charge in [-0.05, 0) is 64.6 Å². The molecule has 0 saturated carbocycles. The molecule has 0 aliphatic rings. The van der Waals surface area contributed by atoms with E-state index < -0.39 is 6.10 Å². The minimum Gasteiger partial charge on any atom is -0.458 e. The maximum atomic E-state index is 10.4. The molecule has 102 valence electrons. The van der Waals surface area contributed by atoms with Gasteiger partial charge in [0.15, 0.2) is 0 Å². The zero-order chi connectivity index (χ0) is 14.3. The summed E-state index contributed by atoms with van der Waals surface area (Å²) >= 11 is 14.2. The predicted molar refractivity (Wildman–Crippen MR) is 89.5 cm³/mol. The van der Waals surface area contributed by atoms with Crippen molar-refractivity contribution in [2.24, 2.45) is 0 Å². The molecule has 1 heterocycles. The molecule has 0 spiro atoms. The van der Waals surface area contributed by atoms with Crippen LogP contribution >= 0.6 is 45.8 Å². The molecule has 1 aromatic heterocycles. The smallest absolute Gasteiger partial charge is 0.138 e. The van der Waals surface area contributed by atoms with Gasteiger partial charge in [-0.25, -0.2) is 0 Å². The Morgan fingerprint density at radius 1 is 1.05 bits per heavy atom. The Morgan fingerprint density at radius 3 is 2.60 bits per heavy atom. The lowest BCUT2D eigenvalue weighted by molar-refractivity contribution is 0.192. The summed E-state index contributed by atoms with van der Waals surface area (Å²) in [4.78, 5) is 0. The van der Waals surface area contributed by atoms with Crippen LogP contribution in [0.15, 0.2) is 46.9 Å². The first kappa shape index (κ1) is 14.2. The minimum atomic E-state index is -0.851. The zero-order valence-corrected chi connectivity index (χ0v) is 13.8. The quantitative estimate of drug-likeness (QED) is 0.563. The lowest BCUT2D eigenvalue weighted by Crippen LogP contribution is -1.98. The van der Waals surface area contributed by atoms with Gasteiger partial charge in [0.05, 0.1) is 5.02 Å². The number of halogens is 3. The summed E-state index contributed by atoms with van der Waals surface area (Å²) in [7, 11) is 0. The number of hydrogen-bond donors (Lipinski definition) is 1. The Labute approximate surface area is 139 Å². The van der Waals surface area contributed by atoms with E-state index in [9.17, 15) is 5.11 Å². The predicted octanol–water partition coefficient (Wildman–Crippen LogP) is 5.43. The molecule has 0 aliphatic heterocycles. The van der Waals surface area contributed by atoms with Crippen LogP contribution in [0.1, 0.15) is 17.4 Å². The fourth-order valence-electron chi connectivity index (χ4n) is 2.02. The minimum absolute atomic E-state index is 0.472. The van der Waals surface area contributed by atoms with Crippen molar-refractivity contribution in [3.8, 4) is 0 Å². The lowest BCUT2D eigenvalue weighted by Gasteiger charge is -2.08. The lowest BCUT2D eigenvalue weighted by atomic mass is 10.1. The van der Waals surface area contributed by atoms with Gasteiger partial charge in [0, 0.05) is 14.0 Å². The third kappa shape index (κ3) is 2.68. The first-order valence-electron chi connectivity index (χ1n) is 5.86. The number of benzene rings is 2. The third-order valence-corrected chi connectivity index (χ3v) is 4.83. The van der Waals surface area contributed by atoms with Crippen LogP contribution in [0.2, 0.25) is 10.0 Å². The van der Waals surface area contributed by atoms with Crippen LogP contribution in [0.5, 0.6) is 0 Å². The highest BCUT2D eigenvalue weighted by Gasteiger charge is 2.16. The zero-order valence-electron chi connectivity index (χ0n) is 10.1. The van der Waals surface area contributed by atoms with Crippen molar-refractivity contribution in [1.29, 1.82) is 0 Å². The van der Waals surface area contributed by atoms with Gasteiger partial charge in [-0.1, -0.05) is 29.3 Å². The van der Waals surface area contributed by atoms with Gasteiger partial charge in [-0.2, -0.15) is 0 Å². The van der Waals surface area contributed by atoms with Crippen molar-refractivity contribution in [2.45, 2.75) is 6.10 Å². The number of fused-ring (bicyclic) bond motifs is 1. The fraction of sp³-hybridized carbons (Fsp3) is 0.0667. The fourth-order valence-corrected chi connectivity index (χ4v) is 2.72. The summed E-state index contributed by atoms with van der Waals surface area (Å²) < 4.78 is 6.60. The molecule has 1 atom stereocenters. The molecule has 1 N–H and O–H groups in total. The molecule has 0 aliphatic carbocycles. The Bertz CT molecular complexity index is 783. The van der Waals surface area contributed by atoms with Crippen LogP contribution in [-0.2, 0) is 0 Å². The molecular weight excluding hydrogens is 410 g/mol. The van der Waals surface area contributed by atoms with Crippen molar-refractivity contribution >= 4 is 56.8 Å². The van der Waals surface area contributed by atoms with E-state index in [4.69, 9.17) is 27.6 Å². The molecule has 3 aromatic rings. The molecule has 3 rings (SSSR count). The molecule has 0 amide bonds. The van der Waals surface area contributed by atoms with E-state index in [0.29, 0.717) is 27.0 Å². The highest BCUT2D eigenvalue weighted by Crippen LogP contribution is 2.31. The maximum Gasteiger partial charge on any atom is 0.138 e. The average Bonchev–Trinajstić information content (AvgIpc) is 2.84. The topological polar surface area (TPSA) is 33.4 Å². The number of aliphatic hydroxyl groups is 1. The number of aliphatic hydroxyl groups excluding tert-OH is 1. The van der Waals surface area contributed by atoms with Crippen molar-refractivity contribution < 1.29 is 9.52 Å². The molecule has 0 bridgehead atoms. The summed E-state index contributed by atoms with van der Waals surface area (Å²) in [5, 5.41) is 12.5. The van der Waals surface area contributed by atoms with Gasteiger partial charge in [-0.3, -0.25) is 0 Å². The summed E-state index contributed by atoms with van der Waals surface area (Å²) in [5.41, 5.74) is 1.39. The second-order valence-electron chi connectivity index (χ2n) is 4.41. The largest absolute Gasteiger partial charge is 0.458 e. The second-order valence-corrected chi connectivity index (χ2v) is 6.41. The van der Waals surface area contributed by atoms with Crippen molar-refractivity contribution in [2.75, 3.05) is 0 Å². The summed E-state index contributed by atoms with van der Waals surface area (Å²) in [5.74, 6) is 0.472. The van der Waals surface area contributed by atoms with E-state index in [0.717, 1.165) is 8.96 Å². The van der Waals surface area contributed by atoms with E-state index in [1.54, 1.807) is 30.3 Å². The van der Waals surface area contributed by atoms with Crippen LogP contribution in [0, 0.1) is 3.57 Å². The summed E-state index contributed by atoms with van der Waals surface area (Å²) in [6.07, 6.45) is -0.851. The number of furan rings is 1. The molecule has 2 aromatic carbocycles. The highest BCUT2D eigenvalue weighted by molar-refractivity contribution is 14.1. The van der Waals surface area contributed by atoms with Crippen LogP contribution < -0.4 is 0 Å². The van der Waals surface area contributed by atoms with Crippen LogP contribution in [-0.4, -0.2) is 5.11 Å². The van der Waals surface area contributed by atoms with E-state index in [1.165, 1.54) is 0 Å². The average molecular weight is 419 g/mol. The van der Waals surface area contributed by atoms with Crippen molar-refractivity contribution in [3.05, 3.63) is 67.4 Å². The first-order chi connectivity index (χ1) is 9.54. The standard InChI is InChI=1S/C15H9Cl2IO2/c16-10-2-4-13-9(5-10)7-14(20-13)15(19)8-1-3-12(18)11(17)6-8/h1-7,15,19H. The van der Waals surface area contributed by atoms with E-state index in [-0.39, 0.29) is 0 Å². The Kier molecular flexibility index (Phi) is 3.95. The van der Waals surface area contributed by atoms with Crippen molar-refractivity contribution in [1.82, 2.24) is 0 Å². The molecule has 1 unspecified atom stereocenters. The van der Waals surface area contributed by atoms with Gasteiger partial charge in [0.1, 0.15) is 17.4 Å². The van der Waals surface area contributed by atoms with Crippen molar-refractivity contribution in [3.63, 3.8) is 0 Å². The van der Waals surface area contributed by atoms with E-state index in [2.05, 4.69) is 22.6 Å². The van der Waals surface area contributed by atoms with E-state index in [1.807, 2.05) is 12.1 Å². The van der Waals surface area contributed by atoms with Crippen LogP contribution in [0.4, 0.5) is 0 Å². The SMILES string of the molecule is OC(c1ccc(I)c(Cl)c1)c1cc2cc(Cl)ccc2o1. The summed E-state index contributed by atoms with van der Waals surface area (Å²) in [6.45, 7) is 0. The second kappa shape index (κ2) is 5.56. The first-order valence-corrected chi connectivity index (χ1v) is 7.70. The van der Waals surface area contributed by atoms with Gasteiger partial charge >= 0.3 is 0 Å².